The van der Waals surface area contributed by atoms with Crippen LogP contribution in [-0.2, 0) is 6.42 Å². The van der Waals surface area contributed by atoms with Crippen molar-refractivity contribution in [3.05, 3.63) is 36.2 Å². The maximum Gasteiger partial charge on any atom is 0.250 e. The van der Waals surface area contributed by atoms with E-state index in [1.807, 2.05) is 24.3 Å². The van der Waals surface area contributed by atoms with Gasteiger partial charge in [0, 0.05) is 0 Å². The fourth-order valence-corrected chi connectivity index (χ4v) is 1.80. The molecule has 1 aromatic carbocycles. The fourth-order valence-electron chi connectivity index (χ4n) is 1.80. The number of aromatic amines is 1. The van der Waals surface area contributed by atoms with Gasteiger partial charge in [0.25, 0.3) is 5.88 Å². The molecule has 6 nitrogen and oxygen atoms in total. The molecule has 0 saturated carbocycles. The van der Waals surface area contributed by atoms with Gasteiger partial charge in [-0.15, -0.1) is 0 Å². The Hall–Kier alpha value is -2.63. The normalized spacial score (nSPS) is 10.8. The molecule has 0 aliphatic heterocycles. The minimum absolute atomic E-state index is 0.139. The molecule has 3 aromatic rings. The zero-order valence-electron chi connectivity index (χ0n) is 10.4. The number of rotatable bonds is 3. The van der Waals surface area contributed by atoms with Crippen LogP contribution in [0.3, 0.4) is 0 Å². The number of fused-ring (bicyclic) bond motifs is 1. The van der Waals surface area contributed by atoms with Crippen molar-refractivity contribution >= 4 is 17.1 Å². The molecule has 6 heteroatoms. The monoisotopic (exact) mass is 255 g/mol. The van der Waals surface area contributed by atoms with Crippen LogP contribution >= 0.6 is 0 Å². The summed E-state index contributed by atoms with van der Waals surface area (Å²) in [5, 5.41) is 0. The van der Waals surface area contributed by atoms with Gasteiger partial charge in [-0.05, 0) is 24.1 Å². The van der Waals surface area contributed by atoms with Crippen LogP contribution in [0.1, 0.15) is 12.5 Å². The van der Waals surface area contributed by atoms with E-state index in [9.17, 15) is 0 Å². The molecule has 0 amide bonds. The third kappa shape index (κ3) is 2.20. The average Bonchev–Trinajstić information content (AvgIpc) is 2.88. The Morgan fingerprint density at radius 3 is 2.74 bits per heavy atom. The van der Waals surface area contributed by atoms with Gasteiger partial charge in [0.05, 0.1) is 6.33 Å². The number of hydrogen-bond donors (Lipinski definition) is 2. The molecule has 2 heterocycles. The molecule has 0 atom stereocenters. The number of benzene rings is 1. The number of nitrogens with zero attached hydrogens (tertiary/aromatic N) is 3. The summed E-state index contributed by atoms with van der Waals surface area (Å²) in [5.41, 5.74) is 8.00. The maximum atomic E-state index is 5.73. The quantitative estimate of drug-likeness (QED) is 0.749. The second-order valence-electron chi connectivity index (χ2n) is 4.09. The van der Waals surface area contributed by atoms with Crippen LogP contribution in [0, 0.1) is 0 Å². The fraction of sp³-hybridized carbons (Fsp3) is 0.154. The second-order valence-corrected chi connectivity index (χ2v) is 4.09. The predicted molar refractivity (Wildman–Crippen MR) is 72.0 cm³/mol. The van der Waals surface area contributed by atoms with Gasteiger partial charge >= 0.3 is 0 Å². The average molecular weight is 255 g/mol. The summed E-state index contributed by atoms with van der Waals surface area (Å²) in [4.78, 5) is 15.1. The van der Waals surface area contributed by atoms with E-state index in [2.05, 4.69) is 26.9 Å². The van der Waals surface area contributed by atoms with Crippen molar-refractivity contribution in [2.45, 2.75) is 13.3 Å². The lowest BCUT2D eigenvalue weighted by Gasteiger charge is -2.06. The van der Waals surface area contributed by atoms with Crippen LogP contribution in [0.25, 0.3) is 11.2 Å². The minimum Gasteiger partial charge on any atom is -0.437 e. The van der Waals surface area contributed by atoms with Crippen molar-refractivity contribution in [1.29, 1.82) is 0 Å². The molecule has 0 fully saturated rings. The number of hydrogen-bond acceptors (Lipinski definition) is 5. The van der Waals surface area contributed by atoms with Crippen molar-refractivity contribution in [2.24, 2.45) is 0 Å². The highest BCUT2D eigenvalue weighted by Crippen LogP contribution is 2.26. The first-order valence-corrected chi connectivity index (χ1v) is 5.99. The molecule has 0 unspecified atom stereocenters. The van der Waals surface area contributed by atoms with E-state index in [1.165, 1.54) is 11.9 Å². The largest absolute Gasteiger partial charge is 0.437 e. The summed E-state index contributed by atoms with van der Waals surface area (Å²) in [5.74, 6) is 1.22. The van der Waals surface area contributed by atoms with Crippen molar-refractivity contribution in [2.75, 3.05) is 5.73 Å². The zero-order chi connectivity index (χ0) is 13.2. The van der Waals surface area contributed by atoms with E-state index in [0.717, 1.165) is 6.42 Å². The summed E-state index contributed by atoms with van der Waals surface area (Å²) in [6.07, 6.45) is 2.53. The van der Waals surface area contributed by atoms with E-state index < -0.39 is 0 Å². The van der Waals surface area contributed by atoms with E-state index in [0.29, 0.717) is 22.8 Å². The highest BCUT2D eigenvalue weighted by Gasteiger charge is 2.10. The number of nitrogens with one attached hydrogen (secondary N) is 1. The number of anilines is 1. The van der Waals surface area contributed by atoms with Gasteiger partial charge in [-0.25, -0.2) is 4.98 Å². The van der Waals surface area contributed by atoms with Gasteiger partial charge in [-0.2, -0.15) is 9.97 Å². The maximum absolute atomic E-state index is 5.73. The minimum atomic E-state index is 0.139. The van der Waals surface area contributed by atoms with Crippen LogP contribution < -0.4 is 10.5 Å². The van der Waals surface area contributed by atoms with Crippen molar-refractivity contribution in [3.63, 3.8) is 0 Å². The molecular weight excluding hydrogens is 242 g/mol. The van der Waals surface area contributed by atoms with E-state index >= 15 is 0 Å². The smallest absolute Gasteiger partial charge is 0.250 e. The number of aryl methyl sites for hydroxylation is 1. The SMILES string of the molecule is CCc1ccc(Oc2nc(N)nc3nc[nH]c23)cc1. The highest BCUT2D eigenvalue weighted by molar-refractivity contribution is 5.77. The topological polar surface area (TPSA) is 89.7 Å². The Bertz CT molecular complexity index is 705. The molecule has 0 radical (unpaired) electrons. The summed E-state index contributed by atoms with van der Waals surface area (Å²) in [6, 6.07) is 7.84. The Morgan fingerprint density at radius 2 is 2.00 bits per heavy atom. The second kappa shape index (κ2) is 4.56. The summed E-state index contributed by atoms with van der Waals surface area (Å²) >= 11 is 0. The molecule has 0 aliphatic carbocycles. The lowest BCUT2D eigenvalue weighted by Crippen LogP contribution is -1.98. The van der Waals surface area contributed by atoms with Crippen LogP contribution in [0.4, 0.5) is 5.95 Å². The highest BCUT2D eigenvalue weighted by atomic mass is 16.5. The number of nitrogens with two attached hydrogens (primary N) is 1. The van der Waals surface area contributed by atoms with Crippen LogP contribution in [0.2, 0.25) is 0 Å². The number of imidazole rings is 1. The molecule has 19 heavy (non-hydrogen) atoms. The van der Waals surface area contributed by atoms with Crippen molar-refractivity contribution < 1.29 is 4.74 Å². The van der Waals surface area contributed by atoms with Crippen molar-refractivity contribution in [3.8, 4) is 11.6 Å². The summed E-state index contributed by atoms with van der Waals surface area (Å²) in [7, 11) is 0. The molecule has 2 aromatic heterocycles. The third-order valence-electron chi connectivity index (χ3n) is 2.82. The molecule has 3 rings (SSSR count). The van der Waals surface area contributed by atoms with Gasteiger partial charge in [0.2, 0.25) is 5.95 Å². The molecule has 0 spiro atoms. The lowest BCUT2D eigenvalue weighted by atomic mass is 10.2. The Kier molecular flexibility index (Phi) is 2.75. The van der Waals surface area contributed by atoms with Gasteiger partial charge < -0.3 is 15.5 Å². The van der Waals surface area contributed by atoms with Gasteiger partial charge in [0.15, 0.2) is 5.65 Å². The van der Waals surface area contributed by atoms with Gasteiger partial charge in [-0.3, -0.25) is 0 Å². The van der Waals surface area contributed by atoms with Crippen LogP contribution in [0.15, 0.2) is 30.6 Å². The van der Waals surface area contributed by atoms with E-state index in [1.54, 1.807) is 0 Å². The molecule has 0 saturated heterocycles. The van der Waals surface area contributed by atoms with Crippen molar-refractivity contribution in [1.82, 2.24) is 19.9 Å². The third-order valence-corrected chi connectivity index (χ3v) is 2.82. The van der Waals surface area contributed by atoms with Crippen LogP contribution in [-0.4, -0.2) is 19.9 Å². The number of aromatic nitrogens is 4. The summed E-state index contributed by atoms with van der Waals surface area (Å²) < 4.78 is 5.73. The van der Waals surface area contributed by atoms with E-state index in [4.69, 9.17) is 10.5 Å². The summed E-state index contributed by atoms with van der Waals surface area (Å²) in [6.45, 7) is 2.11. The standard InChI is InChI=1S/C13H13N5O/c1-2-8-3-5-9(6-4-8)19-12-10-11(16-7-15-10)17-13(14)18-12/h3-7H,2H2,1H3,(H3,14,15,16,17,18). The molecule has 3 N–H and O–H groups in total. The molecular formula is C13H13N5O. The molecule has 0 bridgehead atoms. The van der Waals surface area contributed by atoms with E-state index in [-0.39, 0.29) is 5.95 Å². The molecule has 96 valence electrons. The number of H-pyrrole nitrogens is 1. The van der Waals surface area contributed by atoms with Crippen LogP contribution in [0.5, 0.6) is 11.6 Å². The zero-order valence-corrected chi connectivity index (χ0v) is 10.4. The number of nitrogen functional groups attached to an aromatic ring is 1. The Labute approximate surface area is 109 Å². The first-order chi connectivity index (χ1) is 9.26. The first kappa shape index (κ1) is 11.5. The predicted octanol–water partition coefficient (Wildman–Crippen LogP) is 2.29. The molecule has 0 aliphatic rings. The Balaban J connectivity index is 1.97. The van der Waals surface area contributed by atoms with Gasteiger partial charge in [0.1, 0.15) is 11.3 Å². The first-order valence-electron chi connectivity index (χ1n) is 5.99. The van der Waals surface area contributed by atoms with Gasteiger partial charge in [-0.1, -0.05) is 19.1 Å². The lowest BCUT2D eigenvalue weighted by molar-refractivity contribution is 0.468. The number of ether oxygens (including phenoxy) is 1. The Morgan fingerprint density at radius 1 is 1.21 bits per heavy atom.